The summed E-state index contributed by atoms with van der Waals surface area (Å²) in [4.78, 5) is 26.4. The van der Waals surface area contributed by atoms with E-state index in [4.69, 9.17) is 15.0 Å². The van der Waals surface area contributed by atoms with Crippen molar-refractivity contribution in [3.63, 3.8) is 0 Å². The highest BCUT2D eigenvalue weighted by atomic mass is 32.2. The van der Waals surface area contributed by atoms with Crippen LogP contribution in [-0.2, 0) is 10.0 Å². The molecule has 0 bridgehead atoms. The molecule has 2 saturated heterocycles. The van der Waals surface area contributed by atoms with E-state index >= 15 is 0 Å². The fourth-order valence-electron chi connectivity index (χ4n) is 4.92. The fourth-order valence-corrected chi connectivity index (χ4v) is 5.83. The zero-order chi connectivity index (χ0) is 24.6. The molecular weight excluding hydrogens is 466 g/mol. The number of H-pyrrole nitrogens is 1. The summed E-state index contributed by atoms with van der Waals surface area (Å²) in [5.41, 5.74) is 2.92. The molecule has 2 aliphatic heterocycles. The van der Waals surface area contributed by atoms with Crippen LogP contribution in [0, 0.1) is 0 Å². The molecule has 2 N–H and O–H groups in total. The Labute approximate surface area is 206 Å². The largest absolute Gasteiger partial charge is 0.365 e. The third kappa shape index (κ3) is 5.24. The highest BCUT2D eigenvalue weighted by Crippen LogP contribution is 2.30. The first-order chi connectivity index (χ1) is 16.8. The van der Waals surface area contributed by atoms with Gasteiger partial charge in [0.2, 0.25) is 16.0 Å². The van der Waals surface area contributed by atoms with Gasteiger partial charge in [-0.25, -0.2) is 27.7 Å². The topological polar surface area (TPSA) is 123 Å². The van der Waals surface area contributed by atoms with Gasteiger partial charge in [0.15, 0.2) is 5.65 Å². The molecule has 2 aliphatic rings. The van der Waals surface area contributed by atoms with Gasteiger partial charge < -0.3 is 20.1 Å². The van der Waals surface area contributed by atoms with Crippen molar-refractivity contribution < 1.29 is 8.42 Å². The van der Waals surface area contributed by atoms with E-state index in [9.17, 15) is 8.42 Å². The van der Waals surface area contributed by atoms with E-state index in [1.165, 1.54) is 10.6 Å². The number of rotatable bonds is 6. The van der Waals surface area contributed by atoms with Crippen LogP contribution in [0.2, 0.25) is 0 Å². The Kier molecular flexibility index (Phi) is 6.60. The smallest absolute Gasteiger partial charge is 0.227 e. The first-order valence-corrected chi connectivity index (χ1v) is 13.9. The van der Waals surface area contributed by atoms with Gasteiger partial charge >= 0.3 is 0 Å². The predicted octanol–water partition coefficient (Wildman–Crippen LogP) is 1.78. The second-order valence-electron chi connectivity index (χ2n) is 9.69. The first kappa shape index (κ1) is 23.9. The lowest BCUT2D eigenvalue weighted by Gasteiger charge is -2.35. The van der Waals surface area contributed by atoms with Crippen LogP contribution >= 0.6 is 0 Å². The molecule has 1 unspecified atom stereocenters. The van der Waals surface area contributed by atoms with Crippen molar-refractivity contribution in [3.8, 4) is 11.3 Å². The van der Waals surface area contributed by atoms with Crippen LogP contribution in [0.5, 0.6) is 0 Å². The summed E-state index contributed by atoms with van der Waals surface area (Å²) in [5.74, 6) is 1.34. The zero-order valence-electron chi connectivity index (χ0n) is 20.5. The summed E-state index contributed by atoms with van der Waals surface area (Å²) < 4.78 is 25.8. The average Bonchev–Trinajstić information content (AvgIpc) is 3.32. The monoisotopic (exact) mass is 499 g/mol. The summed E-state index contributed by atoms with van der Waals surface area (Å²) >= 11 is 0. The van der Waals surface area contributed by atoms with Crippen LogP contribution in [0.15, 0.2) is 24.7 Å². The highest BCUT2D eigenvalue weighted by Gasteiger charge is 2.28. The van der Waals surface area contributed by atoms with Crippen molar-refractivity contribution >= 4 is 33.0 Å². The number of anilines is 2. The summed E-state index contributed by atoms with van der Waals surface area (Å²) in [7, 11) is 1.00. The molecule has 12 heteroatoms. The number of hydrogen-bond acceptors (Lipinski definition) is 9. The number of nitrogens with one attached hydrogen (secondary N) is 2. The maximum Gasteiger partial charge on any atom is 0.227 e. The number of fused-ring (bicyclic) bond motifs is 1. The molecule has 3 aromatic heterocycles. The molecule has 188 valence electrons. The lowest BCUT2D eigenvalue weighted by Crippen LogP contribution is -2.45. The van der Waals surface area contributed by atoms with Crippen molar-refractivity contribution in [1.29, 1.82) is 0 Å². The van der Waals surface area contributed by atoms with E-state index < -0.39 is 10.0 Å². The number of sulfonamides is 1. The minimum atomic E-state index is -3.25. The van der Waals surface area contributed by atoms with Crippen molar-refractivity contribution in [2.75, 3.05) is 56.7 Å². The summed E-state index contributed by atoms with van der Waals surface area (Å²) in [6.45, 7) is 2.74. The number of aromatic amines is 1. The fraction of sp³-hybridized carbons (Fsp3) is 0.565. The summed E-state index contributed by atoms with van der Waals surface area (Å²) in [5, 5.41) is 3.53. The second kappa shape index (κ2) is 9.67. The lowest BCUT2D eigenvalue weighted by molar-refractivity contribution is 0.249. The quantitative estimate of drug-likeness (QED) is 0.522. The molecule has 5 heterocycles. The van der Waals surface area contributed by atoms with E-state index in [1.807, 2.05) is 18.5 Å². The van der Waals surface area contributed by atoms with E-state index in [1.54, 1.807) is 6.20 Å². The van der Waals surface area contributed by atoms with Crippen molar-refractivity contribution in [2.45, 2.75) is 37.8 Å². The Morgan fingerprint density at radius 2 is 1.89 bits per heavy atom. The van der Waals surface area contributed by atoms with Crippen LogP contribution in [0.4, 0.5) is 11.8 Å². The Hall–Kier alpha value is -2.83. The lowest BCUT2D eigenvalue weighted by atomic mass is 10.0. The van der Waals surface area contributed by atoms with Gasteiger partial charge in [0.1, 0.15) is 11.3 Å². The molecule has 3 aromatic rings. The van der Waals surface area contributed by atoms with Gasteiger partial charge in [-0.15, -0.1) is 0 Å². The maximum atomic E-state index is 12.1. The molecule has 2 fully saturated rings. The Balaban J connectivity index is 1.45. The van der Waals surface area contributed by atoms with E-state index in [-0.39, 0.29) is 6.04 Å². The number of nitrogens with zero attached hydrogens (tertiary/aromatic N) is 7. The van der Waals surface area contributed by atoms with E-state index in [0.29, 0.717) is 36.6 Å². The van der Waals surface area contributed by atoms with Crippen molar-refractivity contribution in [2.24, 2.45) is 0 Å². The van der Waals surface area contributed by atoms with Gasteiger partial charge in [0.25, 0.3) is 0 Å². The molecular formula is C23H33N9O2S. The van der Waals surface area contributed by atoms with E-state index in [0.717, 1.165) is 55.5 Å². The van der Waals surface area contributed by atoms with Gasteiger partial charge in [-0.05, 0) is 45.8 Å². The van der Waals surface area contributed by atoms with Gasteiger partial charge in [-0.2, -0.15) is 4.98 Å². The molecule has 1 atom stereocenters. The van der Waals surface area contributed by atoms with Crippen molar-refractivity contribution in [3.05, 3.63) is 24.7 Å². The molecule has 0 amide bonds. The molecule has 35 heavy (non-hydrogen) atoms. The zero-order valence-corrected chi connectivity index (χ0v) is 21.3. The minimum absolute atomic E-state index is 0.0524. The Morgan fingerprint density at radius 3 is 2.63 bits per heavy atom. The van der Waals surface area contributed by atoms with Gasteiger partial charge in [0.05, 0.1) is 23.7 Å². The second-order valence-corrected chi connectivity index (χ2v) is 11.7. The number of hydrogen-bond donors (Lipinski definition) is 2. The molecule has 0 aromatic carbocycles. The van der Waals surface area contributed by atoms with E-state index in [2.05, 4.69) is 39.2 Å². The Morgan fingerprint density at radius 1 is 1.09 bits per heavy atom. The average molecular weight is 500 g/mol. The molecule has 11 nitrogen and oxygen atoms in total. The molecule has 0 aliphatic carbocycles. The molecule has 0 saturated carbocycles. The summed E-state index contributed by atoms with van der Waals surface area (Å²) in [6.07, 6.45) is 10.4. The number of aromatic nitrogens is 5. The molecule has 0 spiro atoms. The third-order valence-corrected chi connectivity index (χ3v) is 8.25. The normalized spacial score (nSPS) is 20.6. The van der Waals surface area contributed by atoms with Gasteiger partial charge in [-0.1, -0.05) is 0 Å². The first-order valence-electron chi connectivity index (χ1n) is 12.1. The van der Waals surface area contributed by atoms with Crippen LogP contribution in [-0.4, -0.2) is 101 Å². The van der Waals surface area contributed by atoms with Crippen molar-refractivity contribution in [1.82, 2.24) is 34.1 Å². The highest BCUT2D eigenvalue weighted by molar-refractivity contribution is 7.88. The standard InChI is InChI=1S/C23H33N9O2S/c1-30(2)17-7-11-31(12-8-17)23-26-13-18(20-14-25-22-19(28-20)6-9-24-22)21(29-23)27-16-5-4-10-32(15-16)35(3,33)34/h6,9,13-14,16-17H,4-5,7-8,10-12,15H2,1-3H3,(H,24,25)(H,26,27,29). The van der Waals surface area contributed by atoms with Gasteiger partial charge in [-0.3, -0.25) is 0 Å². The Bertz CT molecular complexity index is 1290. The maximum absolute atomic E-state index is 12.1. The number of piperidine rings is 2. The third-order valence-electron chi connectivity index (χ3n) is 6.98. The van der Waals surface area contributed by atoms with Gasteiger partial charge in [0, 0.05) is 50.7 Å². The molecule has 0 radical (unpaired) electrons. The van der Waals surface area contributed by atoms with Crippen LogP contribution in [0.1, 0.15) is 25.7 Å². The summed E-state index contributed by atoms with van der Waals surface area (Å²) in [6, 6.07) is 2.40. The minimum Gasteiger partial charge on any atom is -0.365 e. The molecule has 5 rings (SSSR count). The SMILES string of the molecule is CN(C)C1CCN(c2ncc(-c3cnc4[nH]ccc4n3)c(NC3CCCN(S(C)(=O)=O)C3)n2)CC1. The van der Waals surface area contributed by atoms with Crippen LogP contribution < -0.4 is 10.2 Å². The van der Waals surface area contributed by atoms with Crippen LogP contribution in [0.3, 0.4) is 0 Å². The van der Waals surface area contributed by atoms with Crippen LogP contribution in [0.25, 0.3) is 22.4 Å². The predicted molar refractivity (Wildman–Crippen MR) is 137 cm³/mol.